The summed E-state index contributed by atoms with van der Waals surface area (Å²) >= 11 is 0. The number of hydrogen-bond donors (Lipinski definition) is 5. The smallest absolute Gasteiger partial charge is 0.0520 e. The van der Waals surface area contributed by atoms with Crippen LogP contribution in [0.25, 0.3) is 0 Å². The Morgan fingerprint density at radius 1 is 0.541 bits per heavy atom. The topological polar surface area (TPSA) is 116 Å². The van der Waals surface area contributed by atoms with Gasteiger partial charge in [-0.1, -0.05) is 136 Å². The zero-order chi connectivity index (χ0) is 27.7. The molecule has 0 atom stereocenters. The molecule has 1 aliphatic carbocycles. The standard InChI is InChI=1S/C12H28N2.C11H26N2.C9H19N/c13-11-9-7-5-3-1-2-4-6-8-10-12-14;1-2-3-4-5-6-7-8-9-10-11(12)13;1-2-8-10-9-6-4-3-5-7-9/h1-14H2;11H,2-10,12-13H2,1H3;9-10H,2-8H2,1H3. The lowest BCUT2D eigenvalue weighted by atomic mass is 9.95. The van der Waals surface area contributed by atoms with Gasteiger partial charge in [0.1, 0.15) is 0 Å². The molecule has 1 aliphatic rings. The van der Waals surface area contributed by atoms with Crippen LogP contribution in [-0.2, 0) is 0 Å². The van der Waals surface area contributed by atoms with Crippen molar-refractivity contribution in [3.05, 3.63) is 0 Å². The van der Waals surface area contributed by atoms with Gasteiger partial charge in [-0.25, -0.2) is 0 Å². The monoisotopic (exact) mass is 528 g/mol. The van der Waals surface area contributed by atoms with E-state index in [4.69, 9.17) is 22.9 Å². The molecule has 0 heterocycles. The predicted molar refractivity (Wildman–Crippen MR) is 169 cm³/mol. The third kappa shape index (κ3) is 38.0. The number of nitrogens with two attached hydrogens (primary N) is 4. The van der Waals surface area contributed by atoms with Gasteiger partial charge in [0.25, 0.3) is 0 Å². The quantitative estimate of drug-likeness (QED) is 0.0684. The molecule has 0 aromatic carbocycles. The second-order valence-corrected chi connectivity index (χ2v) is 11.3. The van der Waals surface area contributed by atoms with E-state index in [1.807, 2.05) is 0 Å². The van der Waals surface area contributed by atoms with Crippen LogP contribution in [0.1, 0.15) is 174 Å². The van der Waals surface area contributed by atoms with E-state index >= 15 is 0 Å². The highest BCUT2D eigenvalue weighted by Crippen LogP contribution is 2.17. The molecule has 0 aromatic heterocycles. The van der Waals surface area contributed by atoms with Gasteiger partial charge in [0.15, 0.2) is 0 Å². The van der Waals surface area contributed by atoms with Crippen molar-refractivity contribution in [2.45, 2.75) is 187 Å². The zero-order valence-electron chi connectivity index (χ0n) is 25.8. The third-order valence-corrected chi connectivity index (χ3v) is 7.34. The first-order valence-electron chi connectivity index (χ1n) is 16.8. The normalized spacial score (nSPS) is 13.7. The molecule has 0 amide bonds. The van der Waals surface area contributed by atoms with Gasteiger partial charge in [-0.15, -0.1) is 0 Å². The summed E-state index contributed by atoms with van der Waals surface area (Å²) in [6, 6.07) is 0.855. The van der Waals surface area contributed by atoms with Crippen LogP contribution in [0.15, 0.2) is 0 Å². The minimum atomic E-state index is -0.0971. The molecule has 9 N–H and O–H groups in total. The first kappa shape index (κ1) is 38.9. The van der Waals surface area contributed by atoms with Crippen molar-refractivity contribution in [1.82, 2.24) is 5.32 Å². The first-order chi connectivity index (χ1) is 18.1. The van der Waals surface area contributed by atoms with Gasteiger partial charge in [-0.05, 0) is 58.2 Å². The molecule has 0 aliphatic heterocycles. The van der Waals surface area contributed by atoms with Crippen molar-refractivity contribution >= 4 is 0 Å². The van der Waals surface area contributed by atoms with Gasteiger partial charge >= 0.3 is 0 Å². The van der Waals surface area contributed by atoms with E-state index in [1.165, 1.54) is 161 Å². The minimum Gasteiger partial charge on any atom is -0.330 e. The molecule has 0 aromatic rings. The number of rotatable bonds is 23. The summed E-state index contributed by atoms with van der Waals surface area (Å²) in [5, 5.41) is 3.57. The Hall–Kier alpha value is -0.200. The molecule has 1 saturated carbocycles. The molecule has 37 heavy (non-hydrogen) atoms. The molecule has 0 radical (unpaired) electrons. The highest BCUT2D eigenvalue weighted by Gasteiger charge is 2.10. The average Bonchev–Trinajstić information content (AvgIpc) is 2.91. The molecule has 0 bridgehead atoms. The molecule has 1 fully saturated rings. The van der Waals surface area contributed by atoms with Gasteiger partial charge in [-0.2, -0.15) is 0 Å². The van der Waals surface area contributed by atoms with Gasteiger partial charge in [0, 0.05) is 6.04 Å². The van der Waals surface area contributed by atoms with Crippen LogP contribution in [0.5, 0.6) is 0 Å². The Morgan fingerprint density at radius 3 is 1.32 bits per heavy atom. The second-order valence-electron chi connectivity index (χ2n) is 11.3. The highest BCUT2D eigenvalue weighted by atomic mass is 14.9. The van der Waals surface area contributed by atoms with Gasteiger partial charge in [0.2, 0.25) is 0 Å². The lowest BCUT2D eigenvalue weighted by molar-refractivity contribution is 0.374. The van der Waals surface area contributed by atoms with E-state index in [1.54, 1.807) is 0 Å². The van der Waals surface area contributed by atoms with Crippen molar-refractivity contribution in [1.29, 1.82) is 0 Å². The Kier molecular flexibility index (Phi) is 37.7. The molecule has 226 valence electrons. The van der Waals surface area contributed by atoms with Crippen molar-refractivity contribution in [3.63, 3.8) is 0 Å². The van der Waals surface area contributed by atoms with Gasteiger partial charge < -0.3 is 28.3 Å². The number of nitrogens with one attached hydrogen (secondary N) is 1. The van der Waals surface area contributed by atoms with Crippen molar-refractivity contribution in [2.24, 2.45) is 22.9 Å². The molecule has 5 heteroatoms. The van der Waals surface area contributed by atoms with E-state index in [0.29, 0.717) is 0 Å². The largest absolute Gasteiger partial charge is 0.330 e. The van der Waals surface area contributed by atoms with Crippen LogP contribution < -0.4 is 28.3 Å². The summed E-state index contributed by atoms with van der Waals surface area (Å²) in [5.74, 6) is 0. The maximum Gasteiger partial charge on any atom is 0.0520 e. The number of unbranched alkanes of at least 4 members (excludes halogenated alkanes) is 16. The third-order valence-electron chi connectivity index (χ3n) is 7.34. The second kappa shape index (κ2) is 35.8. The summed E-state index contributed by atoms with van der Waals surface area (Å²) in [6.07, 6.45) is 33.6. The lowest BCUT2D eigenvalue weighted by Crippen LogP contribution is -2.31. The SMILES string of the molecule is CCCCCCCCCCC(N)N.CCCNC1CCCCC1.NCCCCCCCCCCCCN. The summed E-state index contributed by atoms with van der Waals surface area (Å²) < 4.78 is 0. The average molecular weight is 528 g/mol. The van der Waals surface area contributed by atoms with Gasteiger partial charge in [0.05, 0.1) is 6.17 Å². The van der Waals surface area contributed by atoms with E-state index in [-0.39, 0.29) is 6.17 Å². The van der Waals surface area contributed by atoms with Crippen molar-refractivity contribution in [2.75, 3.05) is 19.6 Å². The highest BCUT2D eigenvalue weighted by molar-refractivity contribution is 4.70. The summed E-state index contributed by atoms with van der Waals surface area (Å²) in [6.45, 7) is 7.42. The lowest BCUT2D eigenvalue weighted by Gasteiger charge is -2.22. The maximum absolute atomic E-state index is 5.45. The van der Waals surface area contributed by atoms with Crippen molar-refractivity contribution in [3.8, 4) is 0 Å². The Bertz CT molecular complexity index is 360. The molecular formula is C32H73N5. The van der Waals surface area contributed by atoms with E-state index in [2.05, 4.69) is 19.2 Å². The first-order valence-corrected chi connectivity index (χ1v) is 16.8. The van der Waals surface area contributed by atoms with E-state index < -0.39 is 0 Å². The Morgan fingerprint density at radius 2 is 0.946 bits per heavy atom. The minimum absolute atomic E-state index is 0.0971. The summed E-state index contributed by atoms with van der Waals surface area (Å²) in [5.41, 5.74) is 21.8. The fourth-order valence-electron chi connectivity index (χ4n) is 4.87. The molecular weight excluding hydrogens is 454 g/mol. The number of hydrogen-bond acceptors (Lipinski definition) is 5. The Balaban J connectivity index is 0. The van der Waals surface area contributed by atoms with Crippen molar-refractivity contribution < 1.29 is 0 Å². The fraction of sp³-hybridized carbons (Fsp3) is 1.00. The van der Waals surface area contributed by atoms with Crippen LogP contribution in [0.3, 0.4) is 0 Å². The van der Waals surface area contributed by atoms with E-state index in [9.17, 15) is 0 Å². The summed E-state index contributed by atoms with van der Waals surface area (Å²) in [7, 11) is 0. The van der Waals surface area contributed by atoms with Gasteiger partial charge in [-0.3, -0.25) is 0 Å². The zero-order valence-corrected chi connectivity index (χ0v) is 25.8. The fourth-order valence-corrected chi connectivity index (χ4v) is 4.87. The molecule has 0 saturated heterocycles. The van der Waals surface area contributed by atoms with Crippen LogP contribution in [0.2, 0.25) is 0 Å². The maximum atomic E-state index is 5.45. The summed E-state index contributed by atoms with van der Waals surface area (Å²) in [4.78, 5) is 0. The molecule has 0 spiro atoms. The van der Waals surface area contributed by atoms with Crippen LogP contribution >= 0.6 is 0 Å². The molecule has 0 unspecified atom stereocenters. The Labute approximate surface area is 234 Å². The van der Waals surface area contributed by atoms with E-state index in [0.717, 1.165) is 25.6 Å². The van der Waals surface area contributed by atoms with Crippen LogP contribution in [-0.4, -0.2) is 31.8 Å². The van der Waals surface area contributed by atoms with Crippen LogP contribution in [0, 0.1) is 0 Å². The molecule has 5 nitrogen and oxygen atoms in total. The van der Waals surface area contributed by atoms with Crippen LogP contribution in [0.4, 0.5) is 0 Å². The predicted octanol–water partition coefficient (Wildman–Crippen LogP) is 7.88. The molecule has 1 rings (SSSR count).